The van der Waals surface area contributed by atoms with Gasteiger partial charge < -0.3 is 10.6 Å². The van der Waals surface area contributed by atoms with E-state index in [0.717, 1.165) is 24.0 Å². The first-order valence-corrected chi connectivity index (χ1v) is 8.33. The summed E-state index contributed by atoms with van der Waals surface area (Å²) >= 11 is 0. The van der Waals surface area contributed by atoms with Gasteiger partial charge in [-0.05, 0) is 36.6 Å². The molecule has 1 atom stereocenters. The number of rotatable bonds is 7. The Balaban J connectivity index is 1.88. The molecule has 2 aromatic carbocycles. The van der Waals surface area contributed by atoms with Gasteiger partial charge >= 0.3 is 0 Å². The molecule has 0 aromatic heterocycles. The second-order valence-electron chi connectivity index (χ2n) is 5.88. The molecule has 0 radical (unpaired) electrons. The Morgan fingerprint density at radius 1 is 0.958 bits per heavy atom. The summed E-state index contributed by atoms with van der Waals surface area (Å²) in [4.78, 5) is 23.9. The SMILES string of the molecule is CCCC(C)NC(=O)CNC(=O)c1ccc(-c2ccccc2)cc1. The number of carbonyl (C=O) groups excluding carboxylic acids is 2. The number of benzene rings is 2. The minimum Gasteiger partial charge on any atom is -0.352 e. The molecular weight excluding hydrogens is 300 g/mol. The molecule has 0 aliphatic rings. The molecule has 24 heavy (non-hydrogen) atoms. The van der Waals surface area contributed by atoms with Crippen LogP contribution in [-0.4, -0.2) is 24.4 Å². The lowest BCUT2D eigenvalue weighted by Crippen LogP contribution is -2.40. The lowest BCUT2D eigenvalue weighted by atomic mass is 10.0. The van der Waals surface area contributed by atoms with Crippen molar-refractivity contribution < 1.29 is 9.59 Å². The van der Waals surface area contributed by atoms with Crippen molar-refractivity contribution in [1.82, 2.24) is 10.6 Å². The number of hydrogen-bond donors (Lipinski definition) is 2. The fourth-order valence-corrected chi connectivity index (χ4v) is 2.54. The Hall–Kier alpha value is -2.62. The fourth-order valence-electron chi connectivity index (χ4n) is 2.54. The van der Waals surface area contributed by atoms with Gasteiger partial charge in [-0.25, -0.2) is 0 Å². The molecule has 2 aromatic rings. The summed E-state index contributed by atoms with van der Waals surface area (Å²) in [6.07, 6.45) is 1.95. The van der Waals surface area contributed by atoms with E-state index in [1.54, 1.807) is 12.1 Å². The third-order valence-electron chi connectivity index (χ3n) is 3.79. The van der Waals surface area contributed by atoms with E-state index in [-0.39, 0.29) is 24.4 Å². The van der Waals surface area contributed by atoms with Crippen LogP contribution in [0.15, 0.2) is 54.6 Å². The highest BCUT2D eigenvalue weighted by atomic mass is 16.2. The summed E-state index contributed by atoms with van der Waals surface area (Å²) in [5, 5.41) is 5.52. The van der Waals surface area contributed by atoms with Crippen LogP contribution in [0.1, 0.15) is 37.0 Å². The van der Waals surface area contributed by atoms with Gasteiger partial charge in [0.05, 0.1) is 6.54 Å². The second-order valence-corrected chi connectivity index (χ2v) is 5.88. The fraction of sp³-hybridized carbons (Fsp3) is 0.300. The van der Waals surface area contributed by atoms with Gasteiger partial charge in [0.1, 0.15) is 0 Å². The molecule has 2 amide bonds. The number of carbonyl (C=O) groups is 2. The molecule has 0 saturated heterocycles. The zero-order chi connectivity index (χ0) is 17.4. The van der Waals surface area contributed by atoms with Crippen LogP contribution >= 0.6 is 0 Å². The van der Waals surface area contributed by atoms with E-state index in [1.165, 1.54) is 0 Å². The maximum atomic E-state index is 12.1. The lowest BCUT2D eigenvalue weighted by Gasteiger charge is -2.13. The summed E-state index contributed by atoms with van der Waals surface area (Å²) in [7, 11) is 0. The molecule has 0 aliphatic heterocycles. The highest BCUT2D eigenvalue weighted by Crippen LogP contribution is 2.19. The van der Waals surface area contributed by atoms with Gasteiger partial charge in [0.25, 0.3) is 5.91 Å². The smallest absolute Gasteiger partial charge is 0.251 e. The number of amides is 2. The van der Waals surface area contributed by atoms with Gasteiger partial charge in [-0.2, -0.15) is 0 Å². The predicted octanol–water partition coefficient (Wildman–Crippen LogP) is 3.39. The van der Waals surface area contributed by atoms with E-state index < -0.39 is 0 Å². The van der Waals surface area contributed by atoms with E-state index in [4.69, 9.17) is 0 Å². The van der Waals surface area contributed by atoms with Crippen molar-refractivity contribution in [1.29, 1.82) is 0 Å². The zero-order valence-corrected chi connectivity index (χ0v) is 14.2. The van der Waals surface area contributed by atoms with Gasteiger partial charge in [0.15, 0.2) is 0 Å². The highest BCUT2D eigenvalue weighted by molar-refractivity contribution is 5.96. The van der Waals surface area contributed by atoms with E-state index in [2.05, 4.69) is 17.6 Å². The molecule has 0 saturated carbocycles. The third-order valence-corrected chi connectivity index (χ3v) is 3.79. The van der Waals surface area contributed by atoms with E-state index in [9.17, 15) is 9.59 Å². The molecule has 1 unspecified atom stereocenters. The van der Waals surface area contributed by atoms with Gasteiger partial charge in [-0.3, -0.25) is 9.59 Å². The molecule has 126 valence electrons. The van der Waals surface area contributed by atoms with Crippen LogP contribution in [0.3, 0.4) is 0 Å². The van der Waals surface area contributed by atoms with Crippen LogP contribution in [0.25, 0.3) is 11.1 Å². The minimum absolute atomic E-state index is 0.00662. The maximum absolute atomic E-state index is 12.1. The summed E-state index contributed by atoms with van der Waals surface area (Å²) in [6, 6.07) is 17.5. The van der Waals surface area contributed by atoms with Gasteiger partial charge in [0, 0.05) is 11.6 Å². The molecule has 0 spiro atoms. The summed E-state index contributed by atoms with van der Waals surface area (Å²) in [6.45, 7) is 4.03. The Morgan fingerprint density at radius 3 is 2.21 bits per heavy atom. The molecule has 4 heteroatoms. The van der Waals surface area contributed by atoms with Gasteiger partial charge in [-0.1, -0.05) is 55.8 Å². The molecule has 0 fully saturated rings. The van der Waals surface area contributed by atoms with Crippen molar-refractivity contribution in [2.24, 2.45) is 0 Å². The minimum atomic E-state index is -0.243. The van der Waals surface area contributed by atoms with Crippen molar-refractivity contribution in [3.8, 4) is 11.1 Å². The molecule has 0 bridgehead atoms. The quantitative estimate of drug-likeness (QED) is 0.820. The largest absolute Gasteiger partial charge is 0.352 e. The molecule has 2 rings (SSSR count). The van der Waals surface area contributed by atoms with Crippen molar-refractivity contribution in [2.75, 3.05) is 6.54 Å². The van der Waals surface area contributed by atoms with Crippen LogP contribution in [0, 0.1) is 0 Å². The first-order chi connectivity index (χ1) is 11.6. The second kappa shape index (κ2) is 8.87. The topological polar surface area (TPSA) is 58.2 Å². The average Bonchev–Trinajstić information content (AvgIpc) is 2.61. The van der Waals surface area contributed by atoms with Crippen molar-refractivity contribution in [3.05, 3.63) is 60.2 Å². The van der Waals surface area contributed by atoms with E-state index in [0.29, 0.717) is 5.56 Å². The first kappa shape index (κ1) is 17.7. The molecule has 0 aliphatic carbocycles. The van der Waals surface area contributed by atoms with Crippen LogP contribution in [0.5, 0.6) is 0 Å². The molecule has 0 heterocycles. The maximum Gasteiger partial charge on any atom is 0.251 e. The summed E-state index contributed by atoms with van der Waals surface area (Å²) < 4.78 is 0. The predicted molar refractivity (Wildman–Crippen MR) is 96.7 cm³/mol. The Labute approximate surface area is 143 Å². The van der Waals surface area contributed by atoms with Crippen LogP contribution in [0.2, 0.25) is 0 Å². The Morgan fingerprint density at radius 2 is 1.58 bits per heavy atom. The molecular formula is C20H24N2O2. The van der Waals surface area contributed by atoms with E-state index >= 15 is 0 Å². The van der Waals surface area contributed by atoms with Gasteiger partial charge in [-0.15, -0.1) is 0 Å². The third kappa shape index (κ3) is 5.23. The molecule has 2 N–H and O–H groups in total. The molecule has 4 nitrogen and oxygen atoms in total. The average molecular weight is 324 g/mol. The summed E-state index contributed by atoms with van der Waals surface area (Å²) in [5.41, 5.74) is 2.70. The van der Waals surface area contributed by atoms with Crippen LogP contribution < -0.4 is 10.6 Å². The Bertz CT molecular complexity index is 666. The van der Waals surface area contributed by atoms with Crippen molar-refractivity contribution >= 4 is 11.8 Å². The van der Waals surface area contributed by atoms with Crippen LogP contribution in [0.4, 0.5) is 0 Å². The van der Waals surface area contributed by atoms with E-state index in [1.807, 2.05) is 49.4 Å². The Kier molecular flexibility index (Phi) is 6.55. The summed E-state index contributed by atoms with van der Waals surface area (Å²) in [5.74, 6) is -0.405. The number of hydrogen-bond acceptors (Lipinski definition) is 2. The van der Waals surface area contributed by atoms with Gasteiger partial charge in [0.2, 0.25) is 5.91 Å². The number of nitrogens with one attached hydrogen (secondary N) is 2. The monoisotopic (exact) mass is 324 g/mol. The normalized spacial score (nSPS) is 11.6. The van der Waals surface area contributed by atoms with Crippen molar-refractivity contribution in [2.45, 2.75) is 32.7 Å². The zero-order valence-electron chi connectivity index (χ0n) is 14.2. The van der Waals surface area contributed by atoms with Crippen molar-refractivity contribution in [3.63, 3.8) is 0 Å². The van der Waals surface area contributed by atoms with Crippen LogP contribution in [-0.2, 0) is 4.79 Å². The first-order valence-electron chi connectivity index (χ1n) is 8.33. The lowest BCUT2D eigenvalue weighted by molar-refractivity contribution is -0.120. The standard InChI is InChI=1S/C20H24N2O2/c1-3-7-15(2)22-19(23)14-21-20(24)18-12-10-17(11-13-18)16-8-5-4-6-9-16/h4-6,8-13,15H,3,7,14H2,1-2H3,(H,21,24)(H,22,23). The highest BCUT2D eigenvalue weighted by Gasteiger charge is 2.10.